The number of nitrogens with one attached hydrogen (secondary N) is 2. The van der Waals surface area contributed by atoms with Crippen LogP contribution in [0.5, 0.6) is 17.5 Å². The molecule has 3 aromatic rings. The third-order valence-electron chi connectivity index (χ3n) is 3.98. The minimum absolute atomic E-state index is 0.0405. The van der Waals surface area contributed by atoms with Gasteiger partial charge in [-0.3, -0.25) is 0 Å². The molecule has 0 spiro atoms. The highest BCUT2D eigenvalue weighted by atomic mass is 16.5. The Morgan fingerprint density at radius 2 is 1.80 bits per heavy atom. The molecule has 0 amide bonds. The number of aromatic nitrogens is 3. The lowest BCUT2D eigenvalue weighted by molar-refractivity contribution is 0.0597. The zero-order valence-electron chi connectivity index (χ0n) is 16.4. The number of nitrogens with zero attached hydrogens (tertiary/aromatic N) is 3. The Bertz CT molecular complexity index is 1040. The molecule has 0 fully saturated rings. The average molecular weight is 411 g/mol. The normalized spacial score (nSPS) is 10.3. The van der Waals surface area contributed by atoms with E-state index < -0.39 is 5.97 Å². The number of carbonyl (C=O) groups is 1. The van der Waals surface area contributed by atoms with Crippen LogP contribution in [0.2, 0.25) is 0 Å². The summed E-state index contributed by atoms with van der Waals surface area (Å²) >= 11 is 0. The van der Waals surface area contributed by atoms with Crippen LogP contribution in [0.1, 0.15) is 22.8 Å². The van der Waals surface area contributed by atoms with Crippen LogP contribution >= 0.6 is 0 Å². The van der Waals surface area contributed by atoms with Gasteiger partial charge in [-0.1, -0.05) is 18.2 Å². The Morgan fingerprint density at radius 3 is 2.50 bits per heavy atom. The molecule has 156 valence electrons. The quantitative estimate of drug-likeness (QED) is 0.409. The summed E-state index contributed by atoms with van der Waals surface area (Å²) < 4.78 is 10.00. The lowest BCUT2D eigenvalue weighted by Gasteiger charge is -2.11. The van der Waals surface area contributed by atoms with Crippen molar-refractivity contribution in [2.75, 3.05) is 24.4 Å². The van der Waals surface area contributed by atoms with E-state index in [2.05, 4.69) is 30.3 Å². The molecule has 1 heterocycles. The van der Waals surface area contributed by atoms with Crippen LogP contribution in [0.4, 0.5) is 17.6 Å². The van der Waals surface area contributed by atoms with Crippen LogP contribution < -0.4 is 15.4 Å². The third kappa shape index (κ3) is 5.04. The Morgan fingerprint density at radius 1 is 1.03 bits per heavy atom. The van der Waals surface area contributed by atoms with Gasteiger partial charge in [0.05, 0.1) is 13.7 Å². The van der Waals surface area contributed by atoms with Gasteiger partial charge in [-0.25, -0.2) is 4.79 Å². The molecular formula is C20H21N5O5. The molecule has 0 saturated heterocycles. The number of methoxy groups -OCH3 is 1. The molecule has 10 nitrogen and oxygen atoms in total. The van der Waals surface area contributed by atoms with Crippen LogP contribution in [0.15, 0.2) is 42.5 Å². The zero-order valence-corrected chi connectivity index (χ0v) is 16.4. The van der Waals surface area contributed by atoms with E-state index >= 15 is 0 Å². The van der Waals surface area contributed by atoms with E-state index in [1.165, 1.54) is 19.2 Å². The minimum atomic E-state index is -0.645. The van der Waals surface area contributed by atoms with Crippen LogP contribution in [-0.2, 0) is 11.3 Å². The van der Waals surface area contributed by atoms with Crippen LogP contribution in [0.3, 0.4) is 0 Å². The number of rotatable bonds is 8. The Labute approximate surface area is 172 Å². The minimum Gasteiger partial charge on any atom is -0.508 e. The van der Waals surface area contributed by atoms with Crippen molar-refractivity contribution < 1.29 is 24.5 Å². The van der Waals surface area contributed by atoms with E-state index in [4.69, 9.17) is 4.74 Å². The number of hydrogen-bond donors (Lipinski definition) is 4. The van der Waals surface area contributed by atoms with Gasteiger partial charge in [0, 0.05) is 23.9 Å². The van der Waals surface area contributed by atoms with Gasteiger partial charge in [0.1, 0.15) is 17.1 Å². The fourth-order valence-electron chi connectivity index (χ4n) is 2.54. The van der Waals surface area contributed by atoms with Gasteiger partial charge in [0.15, 0.2) is 0 Å². The highest BCUT2D eigenvalue weighted by Gasteiger charge is 2.13. The zero-order chi connectivity index (χ0) is 21.5. The summed E-state index contributed by atoms with van der Waals surface area (Å²) in [6.07, 6.45) is 0. The SMILES string of the molecule is CCOc1nc(NCc2ccccc2O)nc(Nc2ccc(C(=O)OC)c(O)c2)n1. The van der Waals surface area contributed by atoms with Crippen molar-refractivity contribution >= 4 is 23.6 Å². The largest absolute Gasteiger partial charge is 0.508 e. The molecule has 10 heteroatoms. The van der Waals surface area contributed by atoms with E-state index in [0.29, 0.717) is 17.9 Å². The van der Waals surface area contributed by atoms with Crippen molar-refractivity contribution in [1.82, 2.24) is 15.0 Å². The molecular weight excluding hydrogens is 390 g/mol. The summed E-state index contributed by atoms with van der Waals surface area (Å²) in [5.41, 5.74) is 1.16. The number of ether oxygens (including phenoxy) is 2. The number of hydrogen-bond acceptors (Lipinski definition) is 10. The van der Waals surface area contributed by atoms with Gasteiger partial charge < -0.3 is 30.3 Å². The second kappa shape index (κ2) is 9.41. The molecule has 1 aromatic heterocycles. The number of anilines is 3. The number of aromatic hydroxyl groups is 2. The Hall–Kier alpha value is -4.08. The first-order chi connectivity index (χ1) is 14.5. The number of phenolic OH excluding ortho intramolecular Hbond substituents is 2. The number of esters is 1. The molecule has 2 aromatic carbocycles. The first-order valence-corrected chi connectivity index (χ1v) is 9.08. The van der Waals surface area contributed by atoms with Crippen molar-refractivity contribution in [3.8, 4) is 17.5 Å². The monoisotopic (exact) mass is 411 g/mol. The first-order valence-electron chi connectivity index (χ1n) is 9.08. The predicted octanol–water partition coefficient (Wildman–Crippen LogP) is 2.82. The van der Waals surface area contributed by atoms with E-state index in [-0.39, 0.29) is 41.5 Å². The first kappa shape index (κ1) is 20.6. The third-order valence-corrected chi connectivity index (χ3v) is 3.98. The van der Waals surface area contributed by atoms with Crippen molar-refractivity contribution in [1.29, 1.82) is 0 Å². The molecule has 3 rings (SSSR count). The van der Waals surface area contributed by atoms with E-state index in [9.17, 15) is 15.0 Å². The summed E-state index contributed by atoms with van der Waals surface area (Å²) in [5, 5.41) is 25.9. The molecule has 0 atom stereocenters. The van der Waals surface area contributed by atoms with Crippen LogP contribution in [0, 0.1) is 0 Å². The maximum atomic E-state index is 11.6. The smallest absolute Gasteiger partial charge is 0.341 e. The van der Waals surface area contributed by atoms with Gasteiger partial charge in [-0.15, -0.1) is 0 Å². The van der Waals surface area contributed by atoms with Crippen molar-refractivity contribution in [2.45, 2.75) is 13.5 Å². The molecule has 0 aliphatic carbocycles. The standard InChI is InChI=1S/C20H21N5O5/c1-3-30-20-24-18(21-11-12-6-4-5-7-15(12)26)23-19(25-20)22-13-8-9-14(16(27)10-13)17(28)29-2/h4-10,26-27H,3,11H2,1-2H3,(H2,21,22,23,24,25). The van der Waals surface area contributed by atoms with Crippen molar-refractivity contribution in [3.63, 3.8) is 0 Å². The molecule has 0 bridgehead atoms. The summed E-state index contributed by atoms with van der Waals surface area (Å²) in [4.78, 5) is 24.2. The number of para-hydroxylation sites is 1. The topological polar surface area (TPSA) is 139 Å². The Balaban J connectivity index is 1.81. The number of benzene rings is 2. The van der Waals surface area contributed by atoms with E-state index in [1.54, 1.807) is 31.2 Å². The van der Waals surface area contributed by atoms with Gasteiger partial charge in [0.2, 0.25) is 11.9 Å². The fourth-order valence-corrected chi connectivity index (χ4v) is 2.54. The van der Waals surface area contributed by atoms with E-state index in [1.807, 2.05) is 6.07 Å². The van der Waals surface area contributed by atoms with Gasteiger partial charge in [-0.2, -0.15) is 15.0 Å². The van der Waals surface area contributed by atoms with Crippen LogP contribution in [-0.4, -0.2) is 44.9 Å². The predicted molar refractivity (Wildman–Crippen MR) is 109 cm³/mol. The maximum absolute atomic E-state index is 11.6. The fraction of sp³-hybridized carbons (Fsp3) is 0.200. The Kier molecular flexibility index (Phi) is 6.48. The number of phenols is 2. The lowest BCUT2D eigenvalue weighted by Crippen LogP contribution is -2.09. The van der Waals surface area contributed by atoms with Crippen LogP contribution in [0.25, 0.3) is 0 Å². The molecule has 30 heavy (non-hydrogen) atoms. The van der Waals surface area contributed by atoms with Gasteiger partial charge in [-0.05, 0) is 25.1 Å². The number of carbonyl (C=O) groups excluding carboxylic acids is 1. The molecule has 4 N–H and O–H groups in total. The summed E-state index contributed by atoms with van der Waals surface area (Å²) in [6.45, 7) is 2.45. The molecule has 0 radical (unpaired) electrons. The molecule has 0 saturated carbocycles. The molecule has 0 aliphatic rings. The second-order valence-corrected chi connectivity index (χ2v) is 6.03. The van der Waals surface area contributed by atoms with Crippen molar-refractivity contribution in [2.24, 2.45) is 0 Å². The molecule has 0 aliphatic heterocycles. The summed E-state index contributed by atoms with van der Waals surface area (Å²) in [5.74, 6) is -0.339. The van der Waals surface area contributed by atoms with Gasteiger partial charge in [0.25, 0.3) is 0 Å². The average Bonchev–Trinajstić information content (AvgIpc) is 2.73. The maximum Gasteiger partial charge on any atom is 0.341 e. The molecule has 0 unspecified atom stereocenters. The summed E-state index contributed by atoms with van der Waals surface area (Å²) in [6, 6.07) is 11.4. The summed E-state index contributed by atoms with van der Waals surface area (Å²) in [7, 11) is 1.23. The highest BCUT2D eigenvalue weighted by molar-refractivity contribution is 5.93. The van der Waals surface area contributed by atoms with Crippen molar-refractivity contribution in [3.05, 3.63) is 53.6 Å². The lowest BCUT2D eigenvalue weighted by atomic mass is 10.2. The second-order valence-electron chi connectivity index (χ2n) is 6.03. The van der Waals surface area contributed by atoms with E-state index in [0.717, 1.165) is 0 Å². The highest BCUT2D eigenvalue weighted by Crippen LogP contribution is 2.25. The van der Waals surface area contributed by atoms with Gasteiger partial charge >= 0.3 is 12.0 Å².